The Kier molecular flexibility index (Phi) is 2.65. The number of aliphatic hydroxyl groups excluding tert-OH is 1. The molecule has 2 aromatic rings. The Morgan fingerprint density at radius 2 is 2.13 bits per heavy atom. The van der Waals surface area contributed by atoms with Gasteiger partial charge in [-0.15, -0.1) is 11.3 Å². The highest BCUT2D eigenvalue weighted by molar-refractivity contribution is 7.19. The van der Waals surface area contributed by atoms with Crippen molar-refractivity contribution in [1.82, 2.24) is 0 Å². The number of halogens is 1. The molecular weight excluding hydrogens is 236 g/mol. The van der Waals surface area contributed by atoms with Crippen molar-refractivity contribution in [3.8, 4) is 0 Å². The lowest BCUT2D eigenvalue weighted by atomic mass is 10.2. The predicted octanol–water partition coefficient (Wildman–Crippen LogP) is 2.67. The van der Waals surface area contributed by atoms with E-state index in [0.29, 0.717) is 9.90 Å². The van der Waals surface area contributed by atoms with Crippen LogP contribution in [0.2, 0.25) is 5.02 Å². The van der Waals surface area contributed by atoms with Gasteiger partial charge in [0.2, 0.25) is 0 Å². The molecule has 1 atom stereocenters. The number of aliphatic hydroxyl groups is 1. The van der Waals surface area contributed by atoms with Gasteiger partial charge in [-0.2, -0.15) is 0 Å². The molecule has 1 aromatic heterocycles. The summed E-state index contributed by atoms with van der Waals surface area (Å²) in [5.74, 6) is -1.24. The number of aliphatic carboxylic acids is 1. The SMILES string of the molecule is O=C(O)C(O)c1cc2ccc(Cl)cc2s1. The topological polar surface area (TPSA) is 57.5 Å². The van der Waals surface area contributed by atoms with Crippen molar-refractivity contribution in [2.75, 3.05) is 0 Å². The van der Waals surface area contributed by atoms with Crippen LogP contribution in [0.15, 0.2) is 24.3 Å². The molecule has 5 heteroatoms. The van der Waals surface area contributed by atoms with Crippen LogP contribution in [-0.4, -0.2) is 16.2 Å². The van der Waals surface area contributed by atoms with E-state index in [-0.39, 0.29) is 0 Å². The first-order valence-electron chi connectivity index (χ1n) is 4.18. The van der Waals surface area contributed by atoms with Crippen molar-refractivity contribution in [2.45, 2.75) is 6.10 Å². The molecule has 0 bridgehead atoms. The summed E-state index contributed by atoms with van der Waals surface area (Å²) < 4.78 is 0.873. The highest BCUT2D eigenvalue weighted by Crippen LogP contribution is 2.31. The minimum absolute atomic E-state index is 0.416. The number of carboxylic acid groups (broad SMARTS) is 1. The molecule has 0 saturated carbocycles. The van der Waals surface area contributed by atoms with Crippen molar-refractivity contribution in [3.05, 3.63) is 34.2 Å². The molecule has 1 aromatic carbocycles. The summed E-state index contributed by atoms with van der Waals surface area (Å²) in [5, 5.41) is 19.5. The number of benzene rings is 1. The van der Waals surface area contributed by atoms with E-state index in [4.69, 9.17) is 16.7 Å². The standard InChI is InChI=1S/C10H7ClO3S/c11-6-2-1-5-3-8(9(12)10(13)14)15-7(5)4-6/h1-4,9,12H,(H,13,14). The first-order chi connectivity index (χ1) is 7.08. The number of hydrogen-bond donors (Lipinski definition) is 2. The van der Waals surface area contributed by atoms with E-state index in [1.165, 1.54) is 11.3 Å². The largest absolute Gasteiger partial charge is 0.479 e. The summed E-state index contributed by atoms with van der Waals surface area (Å²) in [6, 6.07) is 6.94. The molecule has 78 valence electrons. The maximum atomic E-state index is 10.6. The molecule has 3 nitrogen and oxygen atoms in total. The van der Waals surface area contributed by atoms with E-state index in [1.54, 1.807) is 24.3 Å². The molecular formula is C10H7ClO3S. The Hall–Kier alpha value is -1.10. The summed E-state index contributed by atoms with van der Waals surface area (Å²) in [4.78, 5) is 11.0. The Balaban J connectivity index is 2.51. The van der Waals surface area contributed by atoms with Gasteiger partial charge < -0.3 is 10.2 Å². The van der Waals surface area contributed by atoms with Crippen LogP contribution in [-0.2, 0) is 4.79 Å². The quantitative estimate of drug-likeness (QED) is 0.851. The molecule has 0 amide bonds. The van der Waals surface area contributed by atoms with E-state index in [0.717, 1.165) is 10.1 Å². The lowest BCUT2D eigenvalue weighted by Crippen LogP contribution is -2.08. The van der Waals surface area contributed by atoms with Gasteiger partial charge in [-0.25, -0.2) is 4.79 Å². The Labute approximate surface area is 94.5 Å². The van der Waals surface area contributed by atoms with Crippen molar-refractivity contribution in [2.24, 2.45) is 0 Å². The average molecular weight is 243 g/mol. The fourth-order valence-corrected chi connectivity index (χ4v) is 2.60. The van der Waals surface area contributed by atoms with E-state index >= 15 is 0 Å². The third kappa shape index (κ3) is 1.97. The summed E-state index contributed by atoms with van der Waals surface area (Å²) in [7, 11) is 0. The zero-order chi connectivity index (χ0) is 11.0. The monoisotopic (exact) mass is 242 g/mol. The zero-order valence-corrected chi connectivity index (χ0v) is 9.05. The summed E-state index contributed by atoms with van der Waals surface area (Å²) in [6.45, 7) is 0. The number of carbonyl (C=O) groups is 1. The molecule has 0 aliphatic carbocycles. The van der Waals surface area contributed by atoms with Crippen LogP contribution in [0.5, 0.6) is 0 Å². The van der Waals surface area contributed by atoms with Crippen LogP contribution in [0.1, 0.15) is 11.0 Å². The van der Waals surface area contributed by atoms with Crippen LogP contribution >= 0.6 is 22.9 Å². The highest BCUT2D eigenvalue weighted by Gasteiger charge is 2.18. The van der Waals surface area contributed by atoms with E-state index < -0.39 is 12.1 Å². The Morgan fingerprint density at radius 3 is 2.80 bits per heavy atom. The fraction of sp³-hybridized carbons (Fsp3) is 0.100. The second-order valence-electron chi connectivity index (χ2n) is 3.07. The Morgan fingerprint density at radius 1 is 1.40 bits per heavy atom. The molecule has 1 heterocycles. The molecule has 0 fully saturated rings. The van der Waals surface area contributed by atoms with E-state index in [2.05, 4.69) is 0 Å². The van der Waals surface area contributed by atoms with E-state index in [9.17, 15) is 9.90 Å². The number of carboxylic acids is 1. The lowest BCUT2D eigenvalue weighted by molar-refractivity contribution is -0.146. The first-order valence-corrected chi connectivity index (χ1v) is 5.37. The van der Waals surface area contributed by atoms with Gasteiger partial charge in [0.1, 0.15) is 0 Å². The van der Waals surface area contributed by atoms with Crippen LogP contribution < -0.4 is 0 Å². The molecule has 15 heavy (non-hydrogen) atoms. The van der Waals surface area contributed by atoms with Gasteiger partial charge in [-0.1, -0.05) is 17.7 Å². The second-order valence-corrected chi connectivity index (χ2v) is 4.62. The van der Waals surface area contributed by atoms with Gasteiger partial charge in [0.25, 0.3) is 0 Å². The van der Waals surface area contributed by atoms with Gasteiger partial charge in [0.15, 0.2) is 6.10 Å². The maximum absolute atomic E-state index is 10.6. The molecule has 0 aliphatic rings. The molecule has 0 spiro atoms. The normalized spacial score (nSPS) is 12.9. The zero-order valence-electron chi connectivity index (χ0n) is 7.48. The van der Waals surface area contributed by atoms with Crippen molar-refractivity contribution in [1.29, 1.82) is 0 Å². The van der Waals surface area contributed by atoms with Gasteiger partial charge in [-0.3, -0.25) is 0 Å². The van der Waals surface area contributed by atoms with Crippen molar-refractivity contribution >= 4 is 39.0 Å². The van der Waals surface area contributed by atoms with Crippen LogP contribution in [0.4, 0.5) is 0 Å². The smallest absolute Gasteiger partial charge is 0.338 e. The third-order valence-corrected chi connectivity index (χ3v) is 3.39. The minimum Gasteiger partial charge on any atom is -0.479 e. The summed E-state index contributed by atoms with van der Waals surface area (Å²) in [5.41, 5.74) is 0. The molecule has 2 rings (SSSR count). The van der Waals surface area contributed by atoms with Crippen LogP contribution in [0.3, 0.4) is 0 Å². The van der Waals surface area contributed by atoms with Gasteiger partial charge in [0, 0.05) is 14.6 Å². The second kappa shape index (κ2) is 3.81. The molecule has 2 N–H and O–H groups in total. The van der Waals surface area contributed by atoms with Gasteiger partial charge in [0.05, 0.1) is 0 Å². The summed E-state index contributed by atoms with van der Waals surface area (Å²) in [6.07, 6.45) is -1.46. The number of rotatable bonds is 2. The van der Waals surface area contributed by atoms with Gasteiger partial charge in [-0.05, 0) is 23.6 Å². The highest BCUT2D eigenvalue weighted by atomic mass is 35.5. The lowest BCUT2D eigenvalue weighted by Gasteiger charge is -1.99. The number of hydrogen-bond acceptors (Lipinski definition) is 3. The maximum Gasteiger partial charge on any atom is 0.338 e. The van der Waals surface area contributed by atoms with Crippen LogP contribution in [0.25, 0.3) is 10.1 Å². The first kappa shape index (κ1) is 10.4. The predicted molar refractivity (Wildman–Crippen MR) is 59.4 cm³/mol. The molecule has 0 radical (unpaired) electrons. The third-order valence-electron chi connectivity index (χ3n) is 2.00. The number of fused-ring (bicyclic) bond motifs is 1. The molecule has 1 unspecified atom stereocenters. The fourth-order valence-electron chi connectivity index (χ4n) is 1.28. The average Bonchev–Trinajstić information content (AvgIpc) is 2.58. The van der Waals surface area contributed by atoms with E-state index in [1.807, 2.05) is 0 Å². The number of thiophene rings is 1. The van der Waals surface area contributed by atoms with Gasteiger partial charge >= 0.3 is 5.97 Å². The minimum atomic E-state index is -1.46. The van der Waals surface area contributed by atoms with Crippen LogP contribution in [0, 0.1) is 0 Å². The van der Waals surface area contributed by atoms with Crippen molar-refractivity contribution in [3.63, 3.8) is 0 Å². The van der Waals surface area contributed by atoms with Crippen molar-refractivity contribution < 1.29 is 15.0 Å². The molecule has 0 saturated heterocycles. The molecule has 0 aliphatic heterocycles. The summed E-state index contributed by atoms with van der Waals surface area (Å²) >= 11 is 7.03. The Bertz CT molecular complexity index is 520.